The average Bonchev–Trinajstić information content (AvgIpc) is 3.06. The van der Waals surface area contributed by atoms with Gasteiger partial charge in [0.05, 0.1) is 12.2 Å². The van der Waals surface area contributed by atoms with Crippen LogP contribution in [0.4, 0.5) is 5.69 Å². The Morgan fingerprint density at radius 2 is 1.78 bits per heavy atom. The van der Waals surface area contributed by atoms with Crippen LogP contribution in [0, 0.1) is 25.2 Å². The minimum Gasteiger partial charge on any atom is -0.508 e. The highest BCUT2D eigenvalue weighted by molar-refractivity contribution is 6.09. The molecule has 0 spiro atoms. The summed E-state index contributed by atoms with van der Waals surface area (Å²) >= 11 is 0. The molecule has 162 valence electrons. The molecule has 7 nitrogen and oxygen atoms in total. The van der Waals surface area contributed by atoms with Gasteiger partial charge in [0.2, 0.25) is 0 Å². The highest BCUT2D eigenvalue weighted by Gasteiger charge is 2.15. The summed E-state index contributed by atoms with van der Waals surface area (Å²) < 4.78 is 7.00. The van der Waals surface area contributed by atoms with Crippen molar-refractivity contribution in [2.24, 2.45) is 0 Å². The first-order valence-electron chi connectivity index (χ1n) is 10.0. The number of rotatable bonds is 6. The van der Waals surface area contributed by atoms with Crippen LogP contribution in [-0.4, -0.2) is 28.2 Å². The molecule has 2 aromatic carbocycles. The second kappa shape index (κ2) is 9.67. The molecule has 0 aliphatic carbocycles. The summed E-state index contributed by atoms with van der Waals surface area (Å²) in [6, 6.07) is 16.9. The van der Waals surface area contributed by atoms with Gasteiger partial charge < -0.3 is 19.7 Å². The minimum absolute atomic E-state index is 0.0454. The van der Waals surface area contributed by atoms with Crippen molar-refractivity contribution in [3.8, 4) is 17.5 Å². The number of carbonyl (C=O) groups is 2. The predicted octanol–water partition coefficient (Wildman–Crippen LogP) is 4.52. The summed E-state index contributed by atoms with van der Waals surface area (Å²) in [5.41, 5.74) is 4.23. The molecule has 0 bridgehead atoms. The number of nitrogens with zero attached hydrogens (tertiary/aromatic N) is 2. The molecular weight excluding hydrogens is 406 g/mol. The van der Waals surface area contributed by atoms with Gasteiger partial charge in [-0.05, 0) is 87.0 Å². The molecular formula is C25H23N3O4. The molecule has 0 atom stereocenters. The van der Waals surface area contributed by atoms with Crippen LogP contribution in [-0.2, 0) is 9.53 Å². The zero-order valence-electron chi connectivity index (χ0n) is 18.0. The number of hydrogen-bond donors (Lipinski definition) is 2. The van der Waals surface area contributed by atoms with Gasteiger partial charge in [-0.2, -0.15) is 5.26 Å². The molecule has 0 aliphatic heterocycles. The third-order valence-corrected chi connectivity index (χ3v) is 4.90. The molecule has 0 aliphatic rings. The molecule has 1 aromatic heterocycles. The van der Waals surface area contributed by atoms with E-state index >= 15 is 0 Å². The first-order chi connectivity index (χ1) is 15.3. The zero-order valence-corrected chi connectivity index (χ0v) is 18.0. The molecule has 0 saturated carbocycles. The van der Waals surface area contributed by atoms with Crippen molar-refractivity contribution in [3.63, 3.8) is 0 Å². The Kier molecular flexibility index (Phi) is 6.76. The lowest BCUT2D eigenvalue weighted by molar-refractivity contribution is -0.112. The second-order valence-electron chi connectivity index (χ2n) is 7.10. The lowest BCUT2D eigenvalue weighted by Gasteiger charge is -2.10. The number of esters is 1. The summed E-state index contributed by atoms with van der Waals surface area (Å²) in [5.74, 6) is -0.828. The highest BCUT2D eigenvalue weighted by atomic mass is 16.5. The Balaban J connectivity index is 1.87. The molecule has 32 heavy (non-hydrogen) atoms. The van der Waals surface area contributed by atoms with Crippen molar-refractivity contribution < 1.29 is 19.4 Å². The second-order valence-corrected chi connectivity index (χ2v) is 7.10. The van der Waals surface area contributed by atoms with Crippen LogP contribution >= 0.6 is 0 Å². The number of carbonyl (C=O) groups excluding carboxylic acids is 2. The third-order valence-electron chi connectivity index (χ3n) is 4.90. The van der Waals surface area contributed by atoms with Gasteiger partial charge in [-0.1, -0.05) is 0 Å². The minimum atomic E-state index is -0.540. The summed E-state index contributed by atoms with van der Waals surface area (Å²) in [4.78, 5) is 24.4. The Labute approximate surface area is 186 Å². The molecule has 0 saturated heterocycles. The van der Waals surface area contributed by atoms with E-state index in [1.165, 1.54) is 12.1 Å². The summed E-state index contributed by atoms with van der Waals surface area (Å²) in [5, 5.41) is 21.5. The lowest BCUT2D eigenvalue weighted by Crippen LogP contribution is -2.13. The first kappa shape index (κ1) is 22.4. The normalized spacial score (nSPS) is 11.0. The van der Waals surface area contributed by atoms with Gasteiger partial charge in [0, 0.05) is 22.8 Å². The average molecular weight is 429 g/mol. The quantitative estimate of drug-likeness (QED) is 0.259. The van der Waals surface area contributed by atoms with Crippen molar-refractivity contribution in [1.29, 1.82) is 5.26 Å². The fourth-order valence-corrected chi connectivity index (χ4v) is 3.34. The number of aromatic hydroxyl groups is 1. The van der Waals surface area contributed by atoms with Gasteiger partial charge in [0.1, 0.15) is 17.4 Å². The number of hydrogen-bond acceptors (Lipinski definition) is 5. The van der Waals surface area contributed by atoms with E-state index in [0.717, 1.165) is 22.6 Å². The van der Waals surface area contributed by atoms with Crippen LogP contribution in [0.25, 0.3) is 11.8 Å². The number of aromatic nitrogens is 1. The van der Waals surface area contributed by atoms with E-state index in [4.69, 9.17) is 4.74 Å². The molecule has 7 heteroatoms. The maximum Gasteiger partial charge on any atom is 0.338 e. The zero-order chi connectivity index (χ0) is 23.3. The van der Waals surface area contributed by atoms with Gasteiger partial charge in [0.25, 0.3) is 5.91 Å². The van der Waals surface area contributed by atoms with Gasteiger partial charge in [-0.3, -0.25) is 4.79 Å². The SMILES string of the molecule is CCOC(=O)c1ccc(-n2c(C)cc(C=C(C#N)C(=O)Nc3ccc(O)cc3)c2C)cc1. The number of nitrogens with one attached hydrogen (secondary N) is 1. The number of amides is 1. The van der Waals surface area contributed by atoms with E-state index in [-0.39, 0.29) is 17.3 Å². The van der Waals surface area contributed by atoms with Crippen LogP contribution < -0.4 is 5.32 Å². The van der Waals surface area contributed by atoms with Crippen molar-refractivity contribution in [2.75, 3.05) is 11.9 Å². The summed E-state index contributed by atoms with van der Waals surface area (Å²) in [6.45, 7) is 5.89. The Morgan fingerprint density at radius 3 is 2.38 bits per heavy atom. The van der Waals surface area contributed by atoms with Gasteiger partial charge in [0.15, 0.2) is 0 Å². The van der Waals surface area contributed by atoms with Crippen LogP contribution in [0.2, 0.25) is 0 Å². The van der Waals surface area contributed by atoms with Crippen LogP contribution in [0.1, 0.15) is 34.2 Å². The maximum atomic E-state index is 12.5. The van der Waals surface area contributed by atoms with Crippen molar-refractivity contribution in [3.05, 3.63) is 82.7 Å². The third kappa shape index (κ3) is 4.87. The fraction of sp³-hybridized carbons (Fsp3) is 0.160. The van der Waals surface area contributed by atoms with Gasteiger partial charge in [-0.15, -0.1) is 0 Å². The number of phenols is 1. The van der Waals surface area contributed by atoms with Gasteiger partial charge in [-0.25, -0.2) is 4.79 Å². The number of anilines is 1. The Hall–Kier alpha value is -4.31. The van der Waals surface area contributed by atoms with Crippen LogP contribution in [0.5, 0.6) is 5.75 Å². The number of nitriles is 1. The molecule has 1 heterocycles. The molecule has 2 N–H and O–H groups in total. The first-order valence-corrected chi connectivity index (χ1v) is 10.0. The summed E-state index contributed by atoms with van der Waals surface area (Å²) in [7, 11) is 0. The van der Waals surface area contributed by atoms with E-state index in [1.807, 2.05) is 42.7 Å². The van der Waals surface area contributed by atoms with E-state index in [1.54, 1.807) is 37.3 Å². The number of ether oxygens (including phenoxy) is 1. The number of benzene rings is 2. The molecule has 1 amide bonds. The molecule has 3 aromatic rings. The topological polar surface area (TPSA) is 104 Å². The fourth-order valence-electron chi connectivity index (χ4n) is 3.34. The smallest absolute Gasteiger partial charge is 0.338 e. The molecule has 3 rings (SSSR count). The Bertz CT molecular complexity index is 1210. The molecule has 0 radical (unpaired) electrons. The number of phenolic OH excluding ortho intramolecular Hbond substituents is 1. The van der Waals surface area contributed by atoms with Crippen molar-refractivity contribution in [2.45, 2.75) is 20.8 Å². The van der Waals surface area contributed by atoms with E-state index < -0.39 is 5.91 Å². The van der Waals surface area contributed by atoms with Crippen LogP contribution in [0.15, 0.2) is 60.2 Å². The van der Waals surface area contributed by atoms with E-state index in [0.29, 0.717) is 17.9 Å². The lowest BCUT2D eigenvalue weighted by atomic mass is 10.1. The number of aryl methyl sites for hydroxylation is 1. The van der Waals surface area contributed by atoms with Crippen molar-refractivity contribution in [1.82, 2.24) is 4.57 Å². The Morgan fingerprint density at radius 1 is 1.12 bits per heavy atom. The van der Waals surface area contributed by atoms with E-state index in [2.05, 4.69) is 5.32 Å². The van der Waals surface area contributed by atoms with Gasteiger partial charge >= 0.3 is 5.97 Å². The van der Waals surface area contributed by atoms with E-state index in [9.17, 15) is 20.0 Å². The largest absolute Gasteiger partial charge is 0.508 e. The maximum absolute atomic E-state index is 12.5. The molecule has 0 unspecified atom stereocenters. The monoisotopic (exact) mass is 429 g/mol. The summed E-state index contributed by atoms with van der Waals surface area (Å²) in [6.07, 6.45) is 1.54. The predicted molar refractivity (Wildman–Crippen MR) is 122 cm³/mol. The molecule has 0 fully saturated rings. The van der Waals surface area contributed by atoms with Crippen LogP contribution in [0.3, 0.4) is 0 Å². The highest BCUT2D eigenvalue weighted by Crippen LogP contribution is 2.24. The van der Waals surface area contributed by atoms with Crippen molar-refractivity contribution >= 4 is 23.6 Å². The standard InChI is InChI=1S/C25H23N3O4/c1-4-32-25(31)18-5-9-22(10-6-18)28-16(2)13-19(17(28)3)14-20(15-26)24(30)27-21-7-11-23(29)12-8-21/h5-14,29H,4H2,1-3H3,(H,27,30).